The van der Waals surface area contributed by atoms with E-state index in [0.29, 0.717) is 82.3 Å². The summed E-state index contributed by atoms with van der Waals surface area (Å²) in [5.74, 6) is -0.266. The van der Waals surface area contributed by atoms with Gasteiger partial charge in [0.1, 0.15) is 23.9 Å². The van der Waals surface area contributed by atoms with Crippen LogP contribution in [0.15, 0.2) is 91.0 Å². The van der Waals surface area contributed by atoms with E-state index < -0.39 is 17.5 Å². The minimum Gasteiger partial charge on any atom is -0.508 e. The third kappa shape index (κ3) is 8.04. The van der Waals surface area contributed by atoms with E-state index >= 15 is 0 Å². The zero-order valence-electron chi connectivity index (χ0n) is 29.8. The molecule has 12 nitrogen and oxygen atoms in total. The Morgan fingerprint density at radius 1 is 0.821 bits per heavy atom. The molecule has 1 atom stereocenters. The van der Waals surface area contributed by atoms with Crippen molar-refractivity contribution in [1.29, 1.82) is 0 Å². The Hall–Kier alpha value is -5.57. The van der Waals surface area contributed by atoms with E-state index in [1.807, 2.05) is 37.3 Å². The van der Waals surface area contributed by atoms with Crippen molar-refractivity contribution in [3.8, 4) is 23.0 Å². The number of aromatic hydroxyl groups is 1. The Kier molecular flexibility index (Phi) is 11.5. The number of rotatable bonds is 14. The Balaban J connectivity index is 0.839. The number of carbonyl (C=O) groups is 2. The molecular weight excluding hydrogens is 781 g/mol. The van der Waals surface area contributed by atoms with Crippen molar-refractivity contribution in [2.75, 3.05) is 50.2 Å². The lowest BCUT2D eigenvalue weighted by Gasteiger charge is -2.36. The van der Waals surface area contributed by atoms with Crippen LogP contribution in [0.3, 0.4) is 0 Å². The number of thiocarbonyl (C=S) groups is 1. The third-order valence-electron chi connectivity index (χ3n) is 9.02. The second kappa shape index (κ2) is 16.7. The average molecular weight is 817 g/mol. The van der Waals surface area contributed by atoms with Crippen LogP contribution in [0.4, 0.5) is 17.1 Å². The van der Waals surface area contributed by atoms with Gasteiger partial charge in [0.05, 0.1) is 53.3 Å². The molecule has 56 heavy (non-hydrogen) atoms. The number of esters is 1. The number of fused-ring (bicyclic) bond motifs is 6. The third-order valence-corrected chi connectivity index (χ3v) is 9.82. The number of aryl methyl sites for hydroxylation is 1. The largest absolute Gasteiger partial charge is 0.508 e. The lowest BCUT2D eigenvalue weighted by Crippen LogP contribution is -2.33. The van der Waals surface area contributed by atoms with Gasteiger partial charge in [-0.2, -0.15) is 0 Å². The van der Waals surface area contributed by atoms with Gasteiger partial charge in [0.2, 0.25) is 0 Å². The Bertz CT molecular complexity index is 2270. The normalized spacial score (nSPS) is 14.9. The first-order valence-corrected chi connectivity index (χ1v) is 18.6. The van der Waals surface area contributed by atoms with E-state index in [-0.39, 0.29) is 40.3 Å². The molecule has 15 heteroatoms. The molecule has 0 saturated carbocycles. The maximum absolute atomic E-state index is 13.4. The predicted molar refractivity (Wildman–Crippen MR) is 216 cm³/mol. The molecule has 2 aliphatic heterocycles. The quantitative estimate of drug-likeness (QED) is 0.0414. The van der Waals surface area contributed by atoms with E-state index in [0.717, 1.165) is 5.56 Å². The number of ether oxygens (including phenoxy) is 5. The highest BCUT2D eigenvalue weighted by molar-refractivity contribution is 7.80. The van der Waals surface area contributed by atoms with E-state index in [4.69, 9.17) is 59.1 Å². The lowest BCUT2D eigenvalue weighted by molar-refractivity contribution is 0.0224. The van der Waals surface area contributed by atoms with E-state index in [2.05, 4.69) is 16.0 Å². The fourth-order valence-electron chi connectivity index (χ4n) is 6.54. The molecule has 1 spiro atoms. The van der Waals surface area contributed by atoms with Crippen LogP contribution >= 0.6 is 35.4 Å². The summed E-state index contributed by atoms with van der Waals surface area (Å²) in [4.78, 5) is 24.9. The van der Waals surface area contributed by atoms with Gasteiger partial charge in [-0.05, 0) is 79.3 Å². The molecule has 0 aromatic heterocycles. The van der Waals surface area contributed by atoms with Gasteiger partial charge in [-0.3, -0.25) is 0 Å². The molecule has 5 aromatic carbocycles. The summed E-state index contributed by atoms with van der Waals surface area (Å²) in [5, 5.41) is 29.7. The Morgan fingerprint density at radius 3 is 2.27 bits per heavy atom. The summed E-state index contributed by atoms with van der Waals surface area (Å²) in [6.07, 6.45) is 0. The number of aromatic carboxylic acids is 1. The van der Waals surface area contributed by atoms with E-state index in [1.165, 1.54) is 12.1 Å². The number of carboxylic acid groups (broad SMARTS) is 1. The summed E-state index contributed by atoms with van der Waals surface area (Å²) < 4.78 is 29.3. The van der Waals surface area contributed by atoms with Crippen LogP contribution in [0, 0.1) is 6.92 Å². The number of hydrogen-bond acceptors (Lipinski definition) is 10. The number of carboxylic acids is 1. The molecule has 288 valence electrons. The number of halogens is 2. The van der Waals surface area contributed by atoms with E-state index in [9.17, 15) is 19.8 Å². The average Bonchev–Trinajstić information content (AvgIpc) is 3.44. The van der Waals surface area contributed by atoms with Gasteiger partial charge in [-0.1, -0.05) is 53.5 Å². The fraction of sp³-hybridized carbons (Fsp3) is 0.195. The fourth-order valence-corrected chi connectivity index (χ4v) is 7.36. The molecule has 5 N–H and O–H groups in total. The first-order valence-electron chi connectivity index (χ1n) is 17.5. The van der Waals surface area contributed by atoms with Gasteiger partial charge in [0, 0.05) is 40.7 Å². The van der Waals surface area contributed by atoms with E-state index in [1.54, 1.807) is 48.5 Å². The van der Waals surface area contributed by atoms with Gasteiger partial charge in [0.25, 0.3) is 0 Å². The topological polar surface area (TPSA) is 157 Å². The van der Waals surface area contributed by atoms with Crippen LogP contribution in [0.2, 0.25) is 10.0 Å². The molecule has 7 rings (SSSR count). The van der Waals surface area contributed by atoms with Crippen LogP contribution in [-0.4, -0.2) is 66.8 Å². The predicted octanol–water partition coefficient (Wildman–Crippen LogP) is 8.42. The number of benzene rings is 5. The van der Waals surface area contributed by atoms with Gasteiger partial charge in [-0.25, -0.2) is 9.59 Å². The van der Waals surface area contributed by atoms with Gasteiger partial charge < -0.3 is 49.8 Å². The number of hydrogen-bond donors (Lipinski definition) is 5. The van der Waals surface area contributed by atoms with Crippen LogP contribution in [0.5, 0.6) is 23.0 Å². The smallest absolute Gasteiger partial charge is 0.340 e. The van der Waals surface area contributed by atoms with Crippen molar-refractivity contribution in [2.24, 2.45) is 0 Å². The summed E-state index contributed by atoms with van der Waals surface area (Å²) in [5.41, 5.74) is 3.72. The zero-order chi connectivity index (χ0) is 39.4. The summed E-state index contributed by atoms with van der Waals surface area (Å²) in [6.45, 7) is 3.85. The van der Waals surface area contributed by atoms with Crippen LogP contribution in [-0.2, 0) is 19.8 Å². The summed E-state index contributed by atoms with van der Waals surface area (Å²) >= 11 is 18.3. The minimum absolute atomic E-state index is 0.0385. The molecule has 0 amide bonds. The number of carbonyl (C=O) groups excluding carboxylic acids is 1. The molecule has 0 saturated heterocycles. The highest BCUT2D eigenvalue weighted by Gasteiger charge is 2.53. The molecule has 1 unspecified atom stereocenters. The zero-order valence-corrected chi connectivity index (χ0v) is 32.1. The van der Waals surface area contributed by atoms with Crippen LogP contribution in [0.25, 0.3) is 0 Å². The minimum atomic E-state index is -1.24. The van der Waals surface area contributed by atoms with Crippen molar-refractivity contribution in [2.45, 2.75) is 12.5 Å². The standard InChI is InChI=1S/C41H35Cl2N3O9S/c1-23-6-9-30-35(18-23)54-36-22-26(47)8-11-31(36)41(30)29-10-7-24(19-28(29)39(50)55-41)46-40(56)44-12-13-51-14-15-52-16-17-53-37-32(42)20-25(21-33(37)43)45-34-5-3-2-4-27(34)38(48)49/h2-11,18-22,45,47H,12-17H2,1H3,(H,48,49)(H2,44,46,56). The van der Waals surface area contributed by atoms with Crippen molar-refractivity contribution in [3.05, 3.63) is 134 Å². The first-order chi connectivity index (χ1) is 27.0. The Labute approximate surface area is 337 Å². The van der Waals surface area contributed by atoms with Crippen LogP contribution in [0.1, 0.15) is 43.0 Å². The Morgan fingerprint density at radius 2 is 1.50 bits per heavy atom. The molecule has 2 heterocycles. The molecule has 0 aliphatic carbocycles. The maximum atomic E-state index is 13.4. The highest BCUT2D eigenvalue weighted by Crippen LogP contribution is 2.56. The van der Waals surface area contributed by atoms with Crippen LogP contribution < -0.4 is 25.4 Å². The number of phenolic OH excluding ortho intramolecular Hbond substituents is 1. The molecule has 0 radical (unpaired) electrons. The number of anilines is 3. The number of phenols is 1. The molecular formula is C41H35Cl2N3O9S. The van der Waals surface area contributed by atoms with Gasteiger partial charge in [-0.15, -0.1) is 0 Å². The van der Waals surface area contributed by atoms with Crippen molar-refractivity contribution >= 4 is 69.5 Å². The second-order valence-corrected chi connectivity index (χ2v) is 14.0. The van der Waals surface area contributed by atoms with Crippen molar-refractivity contribution in [3.63, 3.8) is 0 Å². The summed E-state index contributed by atoms with van der Waals surface area (Å²) in [6, 6.07) is 25.6. The summed E-state index contributed by atoms with van der Waals surface area (Å²) in [7, 11) is 0. The number of nitrogens with one attached hydrogen (secondary N) is 3. The van der Waals surface area contributed by atoms with Crippen molar-refractivity contribution in [1.82, 2.24) is 5.32 Å². The van der Waals surface area contributed by atoms with Crippen molar-refractivity contribution < 1.29 is 43.5 Å². The van der Waals surface area contributed by atoms with Gasteiger partial charge in [0.15, 0.2) is 16.5 Å². The first kappa shape index (κ1) is 38.7. The van der Waals surface area contributed by atoms with Gasteiger partial charge >= 0.3 is 11.9 Å². The molecule has 5 aromatic rings. The highest BCUT2D eigenvalue weighted by atomic mass is 35.5. The SMILES string of the molecule is Cc1ccc2c(c1)Oc1cc(O)ccc1C21OC(=O)c2cc(NC(=S)NCCOCCOCCOc3c(Cl)cc(Nc4ccccc4C(=O)O)cc3Cl)ccc21. The number of para-hydroxylation sites is 1. The lowest BCUT2D eigenvalue weighted by atomic mass is 9.77. The second-order valence-electron chi connectivity index (χ2n) is 12.8. The maximum Gasteiger partial charge on any atom is 0.340 e. The monoisotopic (exact) mass is 815 g/mol. The molecule has 0 fully saturated rings. The molecule has 2 aliphatic rings. The molecule has 0 bridgehead atoms.